The number of carbonyl (C=O) groups is 1. The van der Waals surface area contributed by atoms with Crippen LogP contribution in [0.2, 0.25) is 0 Å². The van der Waals surface area contributed by atoms with Crippen LogP contribution in [0.1, 0.15) is 35.5 Å². The average molecular weight is 407 g/mol. The molecule has 0 aliphatic rings. The Labute approximate surface area is 172 Å². The van der Waals surface area contributed by atoms with E-state index in [1.807, 2.05) is 33.8 Å². The van der Waals surface area contributed by atoms with E-state index in [1.165, 1.54) is 16.0 Å². The Morgan fingerprint density at radius 3 is 2.48 bits per heavy atom. The fourth-order valence-corrected chi connectivity index (χ4v) is 4.35. The molecule has 0 fully saturated rings. The highest BCUT2D eigenvalue weighted by molar-refractivity contribution is 7.22. The zero-order valence-electron chi connectivity index (χ0n) is 16.8. The van der Waals surface area contributed by atoms with Gasteiger partial charge in [-0.2, -0.15) is 5.10 Å². The lowest BCUT2D eigenvalue weighted by Gasteiger charge is -2.12. The van der Waals surface area contributed by atoms with E-state index in [-0.39, 0.29) is 23.1 Å². The van der Waals surface area contributed by atoms with Crippen LogP contribution in [-0.4, -0.2) is 20.7 Å². The topological polar surface area (TPSA) is 76.9 Å². The summed E-state index contributed by atoms with van der Waals surface area (Å²) in [5.41, 5.74) is 3.13. The van der Waals surface area contributed by atoms with E-state index in [0.717, 1.165) is 21.3 Å². The minimum absolute atomic E-state index is 0.183. The third kappa shape index (κ3) is 3.53. The number of hydrogen-bond donors (Lipinski definition) is 1. The number of fused-ring (bicyclic) bond motifs is 2. The number of nitrogens with one attached hydrogen (secondary N) is 1. The van der Waals surface area contributed by atoms with E-state index in [1.54, 1.807) is 24.3 Å². The van der Waals surface area contributed by atoms with Gasteiger partial charge < -0.3 is 0 Å². The first kappa shape index (κ1) is 19.3. The third-order valence-corrected chi connectivity index (χ3v) is 5.89. The van der Waals surface area contributed by atoms with Crippen molar-refractivity contribution in [1.82, 2.24) is 14.8 Å². The Hall–Kier alpha value is -3.06. The van der Waals surface area contributed by atoms with Gasteiger partial charge >= 0.3 is 0 Å². The van der Waals surface area contributed by atoms with E-state index in [2.05, 4.69) is 21.5 Å². The van der Waals surface area contributed by atoms with Gasteiger partial charge in [0.1, 0.15) is 0 Å². The molecular weight excluding hydrogens is 384 g/mol. The van der Waals surface area contributed by atoms with Gasteiger partial charge in [0.05, 0.1) is 15.6 Å². The van der Waals surface area contributed by atoms with Crippen molar-refractivity contribution in [3.05, 3.63) is 63.6 Å². The summed E-state index contributed by atoms with van der Waals surface area (Å²) >= 11 is 1.45. The van der Waals surface area contributed by atoms with Crippen molar-refractivity contribution in [3.8, 4) is 0 Å². The Bertz CT molecular complexity index is 1260. The second-order valence-electron chi connectivity index (χ2n) is 7.63. The standard InChI is InChI=1S/C22H22N4O2S/c1-12(2)11-26-21(28)16-8-6-5-7-15(16)18(25-26)20(27)24-22-23-17-13(3)9-10-14(4)19(17)29-22/h5-10,12H,11H2,1-4H3,(H,23,24,27). The molecule has 4 rings (SSSR count). The monoisotopic (exact) mass is 406 g/mol. The van der Waals surface area contributed by atoms with Crippen LogP contribution in [0.5, 0.6) is 0 Å². The molecule has 0 atom stereocenters. The predicted octanol–water partition coefficient (Wildman–Crippen LogP) is 4.53. The second kappa shape index (κ2) is 7.40. The van der Waals surface area contributed by atoms with Crippen LogP contribution in [0.3, 0.4) is 0 Å². The van der Waals surface area contributed by atoms with Crippen molar-refractivity contribution < 1.29 is 4.79 Å². The molecule has 2 aromatic carbocycles. The molecule has 0 radical (unpaired) electrons. The molecule has 0 unspecified atom stereocenters. The first-order valence-electron chi connectivity index (χ1n) is 9.53. The van der Waals surface area contributed by atoms with Crippen LogP contribution in [0.15, 0.2) is 41.2 Å². The number of aromatic nitrogens is 3. The number of hydrogen-bond acceptors (Lipinski definition) is 5. The highest BCUT2D eigenvalue weighted by Gasteiger charge is 2.19. The van der Waals surface area contributed by atoms with Crippen molar-refractivity contribution in [2.75, 3.05) is 5.32 Å². The molecular formula is C22H22N4O2S. The molecule has 0 aliphatic heterocycles. The minimum Gasteiger partial charge on any atom is -0.296 e. The number of thiazole rings is 1. The maximum absolute atomic E-state index is 13.1. The number of anilines is 1. The Morgan fingerprint density at radius 2 is 1.79 bits per heavy atom. The highest BCUT2D eigenvalue weighted by atomic mass is 32.1. The summed E-state index contributed by atoms with van der Waals surface area (Å²) in [6, 6.07) is 11.2. The Balaban J connectivity index is 1.79. The van der Waals surface area contributed by atoms with Crippen LogP contribution < -0.4 is 10.9 Å². The summed E-state index contributed by atoms with van der Waals surface area (Å²) in [6.45, 7) is 8.50. The van der Waals surface area contributed by atoms with Crippen LogP contribution in [0, 0.1) is 19.8 Å². The van der Waals surface area contributed by atoms with E-state index < -0.39 is 0 Å². The molecule has 29 heavy (non-hydrogen) atoms. The summed E-state index contributed by atoms with van der Waals surface area (Å²) in [4.78, 5) is 30.4. The predicted molar refractivity (Wildman–Crippen MR) is 118 cm³/mol. The number of benzene rings is 2. The maximum Gasteiger partial charge on any atom is 0.278 e. The second-order valence-corrected chi connectivity index (χ2v) is 8.62. The number of carbonyl (C=O) groups excluding carboxylic acids is 1. The molecule has 0 saturated carbocycles. The fraction of sp³-hybridized carbons (Fsp3) is 0.273. The normalized spacial score (nSPS) is 11.5. The minimum atomic E-state index is -0.368. The summed E-state index contributed by atoms with van der Waals surface area (Å²) in [7, 11) is 0. The largest absolute Gasteiger partial charge is 0.296 e. The number of nitrogens with zero attached hydrogens (tertiary/aromatic N) is 3. The lowest BCUT2D eigenvalue weighted by atomic mass is 10.1. The van der Waals surface area contributed by atoms with E-state index in [0.29, 0.717) is 22.4 Å². The smallest absolute Gasteiger partial charge is 0.278 e. The molecule has 1 amide bonds. The number of amides is 1. The molecule has 0 bridgehead atoms. The SMILES string of the molecule is Cc1ccc(C)c2sc(NC(=O)c3nn(CC(C)C)c(=O)c4ccccc34)nc12. The molecule has 0 spiro atoms. The van der Waals surface area contributed by atoms with Crippen molar-refractivity contribution in [3.63, 3.8) is 0 Å². The van der Waals surface area contributed by atoms with Gasteiger partial charge in [-0.15, -0.1) is 0 Å². The molecule has 148 valence electrons. The van der Waals surface area contributed by atoms with Crippen LogP contribution in [0.4, 0.5) is 5.13 Å². The number of rotatable bonds is 4. The summed E-state index contributed by atoms with van der Waals surface area (Å²) < 4.78 is 2.44. The highest BCUT2D eigenvalue weighted by Crippen LogP contribution is 2.31. The molecule has 7 heteroatoms. The molecule has 2 heterocycles. The van der Waals surface area contributed by atoms with Crippen LogP contribution in [-0.2, 0) is 6.54 Å². The van der Waals surface area contributed by atoms with Gasteiger partial charge in [0.15, 0.2) is 10.8 Å². The fourth-order valence-electron chi connectivity index (χ4n) is 3.34. The lowest BCUT2D eigenvalue weighted by Crippen LogP contribution is -2.29. The zero-order chi connectivity index (χ0) is 20.7. The third-order valence-electron chi connectivity index (χ3n) is 4.78. The molecule has 1 N–H and O–H groups in total. The van der Waals surface area contributed by atoms with Gasteiger partial charge in [-0.3, -0.25) is 14.9 Å². The average Bonchev–Trinajstić information content (AvgIpc) is 3.12. The van der Waals surface area contributed by atoms with E-state index >= 15 is 0 Å². The molecule has 2 aromatic heterocycles. The Morgan fingerprint density at radius 1 is 1.10 bits per heavy atom. The van der Waals surface area contributed by atoms with Crippen molar-refractivity contribution in [2.45, 2.75) is 34.2 Å². The quantitative estimate of drug-likeness (QED) is 0.540. The first-order chi connectivity index (χ1) is 13.8. The van der Waals surface area contributed by atoms with Gasteiger partial charge in [-0.05, 0) is 37.0 Å². The van der Waals surface area contributed by atoms with Crippen LogP contribution >= 0.6 is 11.3 Å². The zero-order valence-corrected chi connectivity index (χ0v) is 17.6. The van der Waals surface area contributed by atoms with Gasteiger partial charge in [0.25, 0.3) is 11.5 Å². The molecule has 6 nitrogen and oxygen atoms in total. The maximum atomic E-state index is 13.1. The van der Waals surface area contributed by atoms with E-state index in [4.69, 9.17) is 0 Å². The molecule has 0 saturated heterocycles. The van der Waals surface area contributed by atoms with Gasteiger partial charge in [0, 0.05) is 11.9 Å². The van der Waals surface area contributed by atoms with Gasteiger partial charge in [-0.1, -0.05) is 55.5 Å². The van der Waals surface area contributed by atoms with Gasteiger partial charge in [0.2, 0.25) is 0 Å². The van der Waals surface area contributed by atoms with Crippen molar-refractivity contribution in [2.24, 2.45) is 5.92 Å². The van der Waals surface area contributed by atoms with Crippen molar-refractivity contribution >= 4 is 43.4 Å². The summed E-state index contributed by atoms with van der Waals surface area (Å²) in [5.74, 6) is -0.138. The van der Waals surface area contributed by atoms with E-state index in [9.17, 15) is 9.59 Å². The first-order valence-corrected chi connectivity index (χ1v) is 10.3. The molecule has 4 aromatic rings. The van der Waals surface area contributed by atoms with Crippen LogP contribution in [0.25, 0.3) is 21.0 Å². The van der Waals surface area contributed by atoms with Gasteiger partial charge in [-0.25, -0.2) is 9.67 Å². The number of aryl methyl sites for hydroxylation is 2. The summed E-state index contributed by atoms with van der Waals surface area (Å²) in [6.07, 6.45) is 0. The molecule has 0 aliphatic carbocycles. The Kier molecular flexibility index (Phi) is 4.92. The van der Waals surface area contributed by atoms with Crippen molar-refractivity contribution in [1.29, 1.82) is 0 Å². The summed E-state index contributed by atoms with van der Waals surface area (Å²) in [5, 5.41) is 8.84. The lowest BCUT2D eigenvalue weighted by molar-refractivity contribution is 0.102.